The first-order valence-corrected chi connectivity index (χ1v) is 10.6. The third-order valence-corrected chi connectivity index (χ3v) is 5.31. The van der Waals surface area contributed by atoms with Crippen LogP contribution in [0.5, 0.6) is 11.5 Å². The smallest absolute Gasteiger partial charge is 0.429 e. The first-order valence-electron chi connectivity index (χ1n) is 9.28. The topological polar surface area (TPSA) is 44.8 Å². The molecule has 4 nitrogen and oxygen atoms in total. The van der Waals surface area contributed by atoms with Crippen LogP contribution >= 0.6 is 23.4 Å². The average Bonchev–Trinajstić information content (AvgIpc) is 2.70. The molecule has 2 aromatic carbocycles. The van der Waals surface area contributed by atoms with Crippen molar-refractivity contribution >= 4 is 29.3 Å². The van der Waals surface area contributed by atoms with Gasteiger partial charge in [0.1, 0.15) is 11.5 Å². The van der Waals surface area contributed by atoms with E-state index in [1.54, 1.807) is 32.0 Å². The molecule has 2 aromatic rings. The highest BCUT2D eigenvalue weighted by Gasteiger charge is 2.43. The zero-order chi connectivity index (χ0) is 23.0. The zero-order valence-electron chi connectivity index (χ0n) is 17.0. The molecule has 0 bridgehead atoms. The van der Waals surface area contributed by atoms with E-state index in [1.165, 1.54) is 36.0 Å². The van der Waals surface area contributed by atoms with Gasteiger partial charge in [0.25, 0.3) is 0 Å². The lowest BCUT2D eigenvalue weighted by atomic mass is 10.2. The van der Waals surface area contributed by atoms with Crippen molar-refractivity contribution in [1.29, 1.82) is 0 Å². The highest BCUT2D eigenvalue weighted by Crippen LogP contribution is 2.33. The van der Waals surface area contributed by atoms with Crippen molar-refractivity contribution < 1.29 is 32.2 Å². The highest BCUT2D eigenvalue weighted by atomic mass is 35.5. The summed E-state index contributed by atoms with van der Waals surface area (Å²) in [5.41, 5.74) is 0.623. The summed E-state index contributed by atoms with van der Waals surface area (Å²) < 4.78 is 55.9. The van der Waals surface area contributed by atoms with Gasteiger partial charge in [-0.1, -0.05) is 18.2 Å². The Morgan fingerprint density at radius 3 is 2.45 bits per heavy atom. The molecule has 1 atom stereocenters. The van der Waals surface area contributed by atoms with Crippen molar-refractivity contribution in [2.24, 2.45) is 0 Å². The summed E-state index contributed by atoms with van der Waals surface area (Å²) in [7, 11) is 0. The van der Waals surface area contributed by atoms with Crippen molar-refractivity contribution in [3.8, 4) is 11.5 Å². The number of ether oxygens (including phenoxy) is 3. The van der Waals surface area contributed by atoms with Gasteiger partial charge in [-0.25, -0.2) is 4.79 Å². The fourth-order valence-corrected chi connectivity index (χ4v) is 3.55. The van der Waals surface area contributed by atoms with E-state index in [2.05, 4.69) is 6.58 Å². The molecule has 0 heterocycles. The summed E-state index contributed by atoms with van der Waals surface area (Å²) >= 11 is 6.95. The van der Waals surface area contributed by atoms with Crippen molar-refractivity contribution in [2.45, 2.75) is 31.0 Å². The van der Waals surface area contributed by atoms with Gasteiger partial charge in [0, 0.05) is 15.7 Å². The quantitative estimate of drug-likeness (QED) is 0.231. The van der Waals surface area contributed by atoms with Crippen LogP contribution in [0.15, 0.2) is 59.5 Å². The summed E-state index contributed by atoms with van der Waals surface area (Å²) in [6.07, 6.45) is -6.76. The molecule has 0 spiro atoms. The van der Waals surface area contributed by atoms with Gasteiger partial charge in [-0.2, -0.15) is 13.2 Å². The molecule has 31 heavy (non-hydrogen) atoms. The molecule has 1 unspecified atom stereocenters. The third-order valence-electron chi connectivity index (χ3n) is 3.96. The number of hydrogen-bond donors (Lipinski definition) is 0. The molecule has 0 aliphatic rings. The largest absolute Gasteiger partial charge is 0.482 e. The summed E-state index contributed by atoms with van der Waals surface area (Å²) in [6, 6.07) is 10.8. The molecule has 0 N–H and O–H groups in total. The van der Waals surface area contributed by atoms with E-state index in [0.717, 1.165) is 10.5 Å². The van der Waals surface area contributed by atoms with Crippen LogP contribution in [0, 0.1) is 6.92 Å². The number of aryl methyl sites for hydroxylation is 1. The van der Waals surface area contributed by atoms with E-state index in [9.17, 15) is 18.0 Å². The van der Waals surface area contributed by atoms with Gasteiger partial charge in [0.15, 0.2) is 6.61 Å². The van der Waals surface area contributed by atoms with Gasteiger partial charge in [-0.05, 0) is 67.4 Å². The molecule has 0 radical (unpaired) electrons. The van der Waals surface area contributed by atoms with E-state index in [4.69, 9.17) is 25.8 Å². The zero-order valence-corrected chi connectivity index (χ0v) is 18.6. The monoisotopic (exact) mass is 474 g/mol. The second kappa shape index (κ2) is 11.3. The molecule has 0 saturated carbocycles. The second-order valence-corrected chi connectivity index (χ2v) is 7.95. The van der Waals surface area contributed by atoms with Crippen molar-refractivity contribution in [2.75, 3.05) is 19.0 Å². The number of thioether (sulfide) groups is 1. The standard InChI is InChI=1S/C22H22ClF3O4S/c1-4-28-20(27)12-29-19-10-9-18(11-14(19)2)31-13-15(3)21(22(24,25)26)30-17-7-5-16(23)6-8-17/h5-11,21H,3-4,12-13H2,1-2H3. The molecular weight excluding hydrogens is 453 g/mol. The highest BCUT2D eigenvalue weighted by molar-refractivity contribution is 7.99. The van der Waals surface area contributed by atoms with Crippen LogP contribution in [-0.2, 0) is 9.53 Å². The van der Waals surface area contributed by atoms with E-state index in [1.807, 2.05) is 0 Å². The van der Waals surface area contributed by atoms with Gasteiger partial charge < -0.3 is 14.2 Å². The van der Waals surface area contributed by atoms with E-state index in [-0.39, 0.29) is 30.3 Å². The number of halogens is 4. The minimum Gasteiger partial charge on any atom is -0.482 e. The minimum atomic E-state index is -4.61. The SMILES string of the molecule is C=C(CSc1ccc(OCC(=O)OCC)c(C)c1)C(Oc1ccc(Cl)cc1)C(F)(F)F. The van der Waals surface area contributed by atoms with Crippen LogP contribution in [0.3, 0.4) is 0 Å². The number of alkyl halides is 3. The lowest BCUT2D eigenvalue weighted by Crippen LogP contribution is -2.36. The maximum Gasteiger partial charge on any atom is 0.429 e. The number of rotatable bonds is 10. The average molecular weight is 475 g/mol. The predicted octanol–water partition coefficient (Wildman–Crippen LogP) is 6.25. The Bertz CT molecular complexity index is 901. The summed E-state index contributed by atoms with van der Waals surface area (Å²) in [5.74, 6) is 0.0723. The fourth-order valence-electron chi connectivity index (χ4n) is 2.50. The van der Waals surface area contributed by atoms with Gasteiger partial charge in [0.2, 0.25) is 6.10 Å². The Balaban J connectivity index is 1.99. The summed E-state index contributed by atoms with van der Waals surface area (Å²) in [5, 5.41) is 0.398. The maximum absolute atomic E-state index is 13.5. The third kappa shape index (κ3) is 8.03. The first-order chi connectivity index (χ1) is 14.6. The molecule has 0 aromatic heterocycles. The van der Waals surface area contributed by atoms with Crippen LogP contribution in [-0.4, -0.2) is 37.2 Å². The van der Waals surface area contributed by atoms with E-state index in [0.29, 0.717) is 10.8 Å². The molecule has 9 heteroatoms. The molecule has 2 rings (SSSR count). The lowest BCUT2D eigenvalue weighted by molar-refractivity contribution is -0.183. The van der Waals surface area contributed by atoms with Crippen LogP contribution in [0.2, 0.25) is 5.02 Å². The van der Waals surface area contributed by atoms with Gasteiger partial charge >= 0.3 is 12.1 Å². The second-order valence-electron chi connectivity index (χ2n) is 6.46. The molecule has 0 saturated heterocycles. The molecule has 0 aliphatic heterocycles. The van der Waals surface area contributed by atoms with Crippen LogP contribution in [0.4, 0.5) is 13.2 Å². The molecule has 0 aliphatic carbocycles. The van der Waals surface area contributed by atoms with E-state index >= 15 is 0 Å². The van der Waals surface area contributed by atoms with Crippen molar-refractivity contribution in [1.82, 2.24) is 0 Å². The van der Waals surface area contributed by atoms with Crippen molar-refractivity contribution in [3.05, 3.63) is 65.2 Å². The molecule has 0 fully saturated rings. The van der Waals surface area contributed by atoms with Crippen LogP contribution in [0.25, 0.3) is 0 Å². The number of carbonyl (C=O) groups excluding carboxylic acids is 1. The van der Waals surface area contributed by atoms with Gasteiger partial charge in [-0.15, -0.1) is 11.8 Å². The maximum atomic E-state index is 13.5. The van der Waals surface area contributed by atoms with Crippen LogP contribution < -0.4 is 9.47 Å². The molecular formula is C22H22ClF3O4S. The lowest BCUT2D eigenvalue weighted by Gasteiger charge is -2.23. The fraction of sp³-hybridized carbons (Fsp3) is 0.318. The number of hydrogen-bond acceptors (Lipinski definition) is 5. The Morgan fingerprint density at radius 1 is 1.19 bits per heavy atom. The van der Waals surface area contributed by atoms with Gasteiger partial charge in [-0.3, -0.25) is 0 Å². The van der Waals surface area contributed by atoms with E-state index < -0.39 is 18.2 Å². The predicted molar refractivity (Wildman–Crippen MR) is 115 cm³/mol. The Hall–Kier alpha value is -2.32. The molecule has 168 valence electrons. The van der Waals surface area contributed by atoms with Crippen molar-refractivity contribution in [3.63, 3.8) is 0 Å². The van der Waals surface area contributed by atoms with Crippen LogP contribution in [0.1, 0.15) is 12.5 Å². The summed E-state index contributed by atoms with van der Waals surface area (Å²) in [4.78, 5) is 12.1. The Kier molecular flexibility index (Phi) is 9.13. The first kappa shape index (κ1) is 24.9. The number of esters is 1. The molecule has 0 amide bonds. The Labute approximate surface area is 188 Å². The Morgan fingerprint density at radius 2 is 1.87 bits per heavy atom. The summed E-state index contributed by atoms with van der Waals surface area (Å²) in [6.45, 7) is 7.12. The number of benzene rings is 2. The van der Waals surface area contributed by atoms with Gasteiger partial charge in [0.05, 0.1) is 6.61 Å². The minimum absolute atomic E-state index is 0.000234. The number of carbonyl (C=O) groups is 1. The normalized spacial score (nSPS) is 12.2.